The lowest BCUT2D eigenvalue weighted by atomic mass is 9.78. The molecular weight excluding hydrogens is 376 g/mol. The Kier molecular flexibility index (Phi) is 5.17. The van der Waals surface area contributed by atoms with E-state index in [0.717, 1.165) is 35.3 Å². The molecule has 0 fully saturated rings. The smallest absolute Gasteiger partial charge is 0.123 e. The fourth-order valence-corrected chi connectivity index (χ4v) is 3.66. The third kappa shape index (κ3) is 3.51. The zero-order chi connectivity index (χ0) is 17.9. The summed E-state index contributed by atoms with van der Waals surface area (Å²) < 4.78 is 2.34. The lowest BCUT2D eigenvalue weighted by Gasteiger charge is -2.28. The number of aromatic nitrogens is 2. The quantitative estimate of drug-likeness (QED) is 0.788. The van der Waals surface area contributed by atoms with Crippen molar-refractivity contribution in [2.45, 2.75) is 78.7 Å². The third-order valence-electron chi connectivity index (χ3n) is 5.08. The van der Waals surface area contributed by atoms with Crippen molar-refractivity contribution in [1.29, 1.82) is 0 Å². The molecule has 1 aliphatic rings. The van der Waals surface area contributed by atoms with Gasteiger partial charge in [-0.05, 0) is 36.3 Å². The third-order valence-corrected chi connectivity index (χ3v) is 5.08. The van der Waals surface area contributed by atoms with Gasteiger partial charge >= 0.3 is 0 Å². The fourth-order valence-electron chi connectivity index (χ4n) is 3.66. The lowest BCUT2D eigenvalue weighted by molar-refractivity contribution is -0.00000727. The first-order valence-corrected chi connectivity index (χ1v) is 8.94. The van der Waals surface area contributed by atoms with Crippen LogP contribution >= 0.6 is 0 Å². The number of phenols is 1. The summed E-state index contributed by atoms with van der Waals surface area (Å²) in [6.07, 6.45) is 2.26. The van der Waals surface area contributed by atoms with Crippen LogP contribution in [0.25, 0.3) is 11.3 Å². The van der Waals surface area contributed by atoms with E-state index < -0.39 is 0 Å². The molecule has 1 aromatic carbocycles. The van der Waals surface area contributed by atoms with Crippen molar-refractivity contribution in [3.05, 3.63) is 34.8 Å². The molecule has 0 amide bonds. The van der Waals surface area contributed by atoms with Crippen LogP contribution in [0.3, 0.4) is 0 Å². The molecule has 0 saturated heterocycles. The highest BCUT2D eigenvalue weighted by atomic mass is 79.9. The minimum absolute atomic E-state index is 0. The molecule has 25 heavy (non-hydrogen) atoms. The molecule has 2 heterocycles. The Balaban J connectivity index is 0.00000225. The maximum absolute atomic E-state index is 10.9. The SMILES string of the molecule is Cc1c(-c2cc(C(C)(C)C)c(O)c(C(C)(C)C)c2)nc2n1CCC2.[Br-]. The molecule has 0 radical (unpaired) electrons. The average Bonchev–Trinajstić information content (AvgIpc) is 3.00. The average molecular weight is 406 g/mol. The van der Waals surface area contributed by atoms with Gasteiger partial charge in [-0.15, -0.1) is 0 Å². The second-order valence-corrected chi connectivity index (χ2v) is 9.14. The normalized spacial score (nSPS) is 14.4. The second kappa shape index (κ2) is 6.46. The number of fused-ring (bicyclic) bond motifs is 1. The van der Waals surface area contributed by atoms with Crippen molar-refractivity contribution in [3.63, 3.8) is 0 Å². The highest BCUT2D eigenvalue weighted by Gasteiger charge is 2.28. The Morgan fingerprint density at radius 3 is 1.96 bits per heavy atom. The topological polar surface area (TPSA) is 38.1 Å². The molecule has 0 aliphatic carbocycles. The molecule has 0 atom stereocenters. The van der Waals surface area contributed by atoms with E-state index in [-0.39, 0.29) is 27.8 Å². The standard InChI is InChI=1S/C21H30N2O.BrH/c1-13-18(22-17-9-8-10-23(13)17)14-11-15(20(2,3)4)19(24)16(12-14)21(5,6)7;/h11-12,24H,8-10H2,1-7H3;1H/p-1. The monoisotopic (exact) mass is 405 g/mol. The van der Waals surface area contributed by atoms with Gasteiger partial charge in [0.1, 0.15) is 11.6 Å². The summed E-state index contributed by atoms with van der Waals surface area (Å²) in [7, 11) is 0. The van der Waals surface area contributed by atoms with Gasteiger partial charge in [0.15, 0.2) is 0 Å². The van der Waals surface area contributed by atoms with Crippen molar-refractivity contribution in [2.24, 2.45) is 0 Å². The minimum atomic E-state index is -0.115. The predicted molar refractivity (Wildman–Crippen MR) is 99.8 cm³/mol. The number of aryl methyl sites for hydroxylation is 1. The highest BCUT2D eigenvalue weighted by Crippen LogP contribution is 2.42. The number of halogens is 1. The molecule has 3 nitrogen and oxygen atoms in total. The van der Waals surface area contributed by atoms with E-state index in [2.05, 4.69) is 65.2 Å². The van der Waals surface area contributed by atoms with Crippen LogP contribution in [0, 0.1) is 6.92 Å². The molecule has 2 aromatic rings. The number of aromatic hydroxyl groups is 1. The summed E-state index contributed by atoms with van der Waals surface area (Å²) in [4.78, 5) is 4.92. The van der Waals surface area contributed by atoms with E-state index in [1.54, 1.807) is 0 Å². The Bertz CT molecular complexity index is 756. The number of hydrogen-bond donors (Lipinski definition) is 1. The Labute approximate surface area is 162 Å². The highest BCUT2D eigenvalue weighted by molar-refractivity contribution is 5.68. The first-order chi connectivity index (χ1) is 11.0. The van der Waals surface area contributed by atoms with Crippen molar-refractivity contribution >= 4 is 0 Å². The summed E-state index contributed by atoms with van der Waals surface area (Å²) in [5.41, 5.74) is 5.21. The number of nitrogens with zero attached hydrogens (tertiary/aromatic N) is 2. The van der Waals surface area contributed by atoms with Crippen molar-refractivity contribution in [3.8, 4) is 17.0 Å². The molecular formula is C21H30BrN2O-. The molecule has 0 spiro atoms. The first-order valence-electron chi connectivity index (χ1n) is 8.94. The van der Waals surface area contributed by atoms with E-state index in [1.807, 2.05) is 0 Å². The van der Waals surface area contributed by atoms with Crippen molar-refractivity contribution in [2.75, 3.05) is 0 Å². The zero-order valence-corrected chi connectivity index (χ0v) is 18.1. The van der Waals surface area contributed by atoms with Crippen LogP contribution in [0.15, 0.2) is 12.1 Å². The molecule has 4 heteroatoms. The van der Waals surface area contributed by atoms with Gasteiger partial charge in [-0.3, -0.25) is 0 Å². The van der Waals surface area contributed by atoms with Crippen LogP contribution in [0.4, 0.5) is 0 Å². The molecule has 0 unspecified atom stereocenters. The van der Waals surface area contributed by atoms with Crippen LogP contribution in [-0.2, 0) is 23.8 Å². The number of benzene rings is 1. The number of rotatable bonds is 1. The maximum Gasteiger partial charge on any atom is 0.123 e. The summed E-state index contributed by atoms with van der Waals surface area (Å²) >= 11 is 0. The summed E-state index contributed by atoms with van der Waals surface area (Å²) in [6, 6.07) is 4.27. The van der Waals surface area contributed by atoms with Gasteiger partial charge in [0, 0.05) is 35.3 Å². The van der Waals surface area contributed by atoms with Gasteiger partial charge in [-0.1, -0.05) is 41.5 Å². The van der Waals surface area contributed by atoms with E-state index in [9.17, 15) is 5.11 Å². The number of hydrogen-bond acceptors (Lipinski definition) is 2. The van der Waals surface area contributed by atoms with Crippen LogP contribution in [-0.4, -0.2) is 14.7 Å². The lowest BCUT2D eigenvalue weighted by Crippen LogP contribution is -3.00. The van der Waals surface area contributed by atoms with Gasteiger partial charge in [-0.2, -0.15) is 0 Å². The largest absolute Gasteiger partial charge is 1.00 e. The molecule has 0 saturated carbocycles. The summed E-state index contributed by atoms with van der Waals surface area (Å²) in [6.45, 7) is 16.1. The van der Waals surface area contributed by atoms with Gasteiger partial charge in [0.2, 0.25) is 0 Å². The molecule has 1 aliphatic heterocycles. The van der Waals surface area contributed by atoms with E-state index in [0.29, 0.717) is 5.75 Å². The maximum atomic E-state index is 10.9. The van der Waals surface area contributed by atoms with Gasteiger partial charge < -0.3 is 26.7 Å². The summed E-state index contributed by atoms with van der Waals surface area (Å²) in [5.74, 6) is 1.63. The van der Waals surface area contributed by atoms with E-state index >= 15 is 0 Å². The second-order valence-electron chi connectivity index (χ2n) is 9.14. The minimum Gasteiger partial charge on any atom is -1.00 e. The Morgan fingerprint density at radius 2 is 1.52 bits per heavy atom. The van der Waals surface area contributed by atoms with E-state index in [1.165, 1.54) is 17.9 Å². The van der Waals surface area contributed by atoms with Crippen molar-refractivity contribution in [1.82, 2.24) is 9.55 Å². The zero-order valence-electron chi connectivity index (χ0n) is 16.5. The number of imidazole rings is 1. The van der Waals surface area contributed by atoms with Gasteiger partial charge in [0.05, 0.1) is 5.69 Å². The molecule has 1 N–H and O–H groups in total. The molecule has 138 valence electrons. The Hall–Kier alpha value is -1.29. The predicted octanol–water partition coefficient (Wildman–Crippen LogP) is 2.11. The van der Waals surface area contributed by atoms with Crippen LogP contribution in [0.2, 0.25) is 0 Å². The summed E-state index contributed by atoms with van der Waals surface area (Å²) in [5, 5.41) is 10.9. The molecule has 3 rings (SSSR count). The first kappa shape index (κ1) is 20.0. The van der Waals surface area contributed by atoms with Crippen LogP contribution in [0.1, 0.15) is 70.6 Å². The molecule has 0 bridgehead atoms. The number of phenolic OH excluding ortho intramolecular Hbond substituents is 1. The molecule has 1 aromatic heterocycles. The van der Waals surface area contributed by atoms with Crippen LogP contribution < -0.4 is 17.0 Å². The van der Waals surface area contributed by atoms with Gasteiger partial charge in [-0.25, -0.2) is 4.98 Å². The Morgan fingerprint density at radius 1 is 1.00 bits per heavy atom. The fraction of sp³-hybridized carbons (Fsp3) is 0.571. The van der Waals surface area contributed by atoms with Gasteiger partial charge in [0.25, 0.3) is 0 Å². The van der Waals surface area contributed by atoms with Crippen molar-refractivity contribution < 1.29 is 22.1 Å². The van der Waals surface area contributed by atoms with Crippen LogP contribution in [0.5, 0.6) is 5.75 Å². The van der Waals surface area contributed by atoms with E-state index in [4.69, 9.17) is 4.98 Å².